The average molecular weight is 342 g/mol. The summed E-state index contributed by atoms with van der Waals surface area (Å²) in [5.41, 5.74) is 1.52. The van der Waals surface area contributed by atoms with E-state index in [1.807, 2.05) is 43.3 Å². The number of urea groups is 1. The minimum Gasteiger partial charge on any atom is -0.456 e. The number of nitrogens with one attached hydrogen (secondary N) is 2. The third-order valence-electron chi connectivity index (χ3n) is 4.18. The van der Waals surface area contributed by atoms with Crippen LogP contribution >= 0.6 is 0 Å². The number of ether oxygens (including phenoxy) is 1. The van der Waals surface area contributed by atoms with Gasteiger partial charge in [-0.05, 0) is 31.5 Å². The topological polar surface area (TPSA) is 83.7 Å². The minimum absolute atomic E-state index is 0.0366. The van der Waals surface area contributed by atoms with E-state index >= 15 is 0 Å². The van der Waals surface area contributed by atoms with Crippen LogP contribution in [0.5, 0.6) is 0 Å². The van der Waals surface area contributed by atoms with E-state index in [1.54, 1.807) is 13.2 Å². The zero-order valence-corrected chi connectivity index (χ0v) is 14.3. The van der Waals surface area contributed by atoms with Crippen LogP contribution in [0.1, 0.15) is 13.3 Å². The second kappa shape index (κ2) is 7.13. The minimum atomic E-state index is -0.642. The molecule has 0 spiro atoms. The van der Waals surface area contributed by atoms with E-state index in [4.69, 9.17) is 9.15 Å². The van der Waals surface area contributed by atoms with Crippen molar-refractivity contribution in [1.82, 2.24) is 5.32 Å². The third-order valence-corrected chi connectivity index (χ3v) is 4.18. The number of fused-ring (bicyclic) bond motifs is 3. The van der Waals surface area contributed by atoms with Gasteiger partial charge < -0.3 is 24.9 Å². The van der Waals surface area contributed by atoms with Gasteiger partial charge in [-0.15, -0.1) is 0 Å². The van der Waals surface area contributed by atoms with E-state index in [0.29, 0.717) is 24.3 Å². The lowest BCUT2D eigenvalue weighted by Crippen LogP contribution is -2.51. The zero-order chi connectivity index (χ0) is 17.9. The number of carbonyl (C=O) groups is 1. The highest BCUT2D eigenvalue weighted by molar-refractivity contribution is 6.06. The lowest BCUT2D eigenvalue weighted by Gasteiger charge is -2.29. The van der Waals surface area contributed by atoms with Crippen LogP contribution < -0.4 is 10.6 Å². The largest absolute Gasteiger partial charge is 0.456 e. The van der Waals surface area contributed by atoms with Crippen LogP contribution in [0.2, 0.25) is 0 Å². The summed E-state index contributed by atoms with van der Waals surface area (Å²) in [5, 5.41) is 16.9. The number of rotatable bonds is 6. The Hall–Kier alpha value is -2.57. The van der Waals surface area contributed by atoms with E-state index in [-0.39, 0.29) is 12.6 Å². The summed E-state index contributed by atoms with van der Waals surface area (Å²) < 4.78 is 11.0. The molecule has 0 bridgehead atoms. The quantitative estimate of drug-likeness (QED) is 0.640. The van der Waals surface area contributed by atoms with E-state index < -0.39 is 5.54 Å². The normalized spacial score (nSPS) is 13.7. The molecule has 1 atom stereocenters. The number of hydrogen-bond acceptors (Lipinski definition) is 4. The highest BCUT2D eigenvalue weighted by Gasteiger charge is 2.26. The zero-order valence-electron chi connectivity index (χ0n) is 14.3. The van der Waals surface area contributed by atoms with Crippen LogP contribution in [0.15, 0.2) is 46.9 Å². The van der Waals surface area contributed by atoms with Gasteiger partial charge in [-0.2, -0.15) is 0 Å². The maximum Gasteiger partial charge on any atom is 0.319 e. The average Bonchev–Trinajstić information content (AvgIpc) is 2.92. The molecule has 132 valence electrons. The maximum atomic E-state index is 12.3. The van der Waals surface area contributed by atoms with Crippen molar-refractivity contribution in [3.63, 3.8) is 0 Å². The van der Waals surface area contributed by atoms with E-state index in [0.717, 1.165) is 16.4 Å². The summed E-state index contributed by atoms with van der Waals surface area (Å²) in [5.74, 6) is 0. The van der Waals surface area contributed by atoms with Gasteiger partial charge in [-0.1, -0.05) is 18.2 Å². The van der Waals surface area contributed by atoms with E-state index in [2.05, 4.69) is 10.6 Å². The van der Waals surface area contributed by atoms with Crippen LogP contribution in [-0.4, -0.2) is 37.0 Å². The van der Waals surface area contributed by atoms with Gasteiger partial charge in [-0.25, -0.2) is 4.79 Å². The van der Waals surface area contributed by atoms with Crippen molar-refractivity contribution in [3.8, 4) is 0 Å². The molecule has 6 heteroatoms. The lowest BCUT2D eigenvalue weighted by atomic mass is 10.00. The molecule has 0 radical (unpaired) electrons. The van der Waals surface area contributed by atoms with Gasteiger partial charge in [0.05, 0.1) is 12.1 Å². The van der Waals surface area contributed by atoms with Gasteiger partial charge in [0.2, 0.25) is 0 Å². The molecule has 0 aliphatic heterocycles. The summed E-state index contributed by atoms with van der Waals surface area (Å²) in [6.07, 6.45) is 0.400. The smallest absolute Gasteiger partial charge is 0.319 e. The van der Waals surface area contributed by atoms with Crippen LogP contribution in [0, 0.1) is 0 Å². The van der Waals surface area contributed by atoms with Gasteiger partial charge in [0, 0.05) is 36.2 Å². The molecule has 1 aromatic heterocycles. The fourth-order valence-corrected chi connectivity index (χ4v) is 2.98. The first kappa shape index (κ1) is 17.3. The lowest BCUT2D eigenvalue weighted by molar-refractivity contribution is 0.104. The maximum absolute atomic E-state index is 12.3. The number of carbonyl (C=O) groups excluding carboxylic acids is 1. The summed E-state index contributed by atoms with van der Waals surface area (Å²) in [6.45, 7) is 2.10. The molecule has 2 aromatic carbocycles. The SMILES string of the molecule is COCC(C)(CCO)NC(=O)Nc1ccc2c(c1)oc1ccccc12. The fourth-order valence-electron chi connectivity index (χ4n) is 2.98. The van der Waals surface area contributed by atoms with Gasteiger partial charge in [-0.3, -0.25) is 0 Å². The highest BCUT2D eigenvalue weighted by atomic mass is 16.5. The molecular formula is C19H22N2O4. The van der Waals surface area contributed by atoms with Gasteiger partial charge in [0.25, 0.3) is 0 Å². The molecule has 0 fully saturated rings. The first-order valence-corrected chi connectivity index (χ1v) is 8.15. The Morgan fingerprint density at radius 1 is 1.20 bits per heavy atom. The van der Waals surface area contributed by atoms with Gasteiger partial charge >= 0.3 is 6.03 Å². The molecule has 25 heavy (non-hydrogen) atoms. The first-order chi connectivity index (χ1) is 12.0. The standard InChI is InChI=1S/C19H22N2O4/c1-19(9-10-22,12-24-2)21-18(23)20-13-7-8-15-14-5-3-4-6-16(14)25-17(15)11-13/h3-8,11,22H,9-10,12H2,1-2H3,(H2,20,21,23). The van der Waals surface area contributed by atoms with Crippen LogP contribution in [0.4, 0.5) is 10.5 Å². The summed E-state index contributed by atoms with van der Waals surface area (Å²) in [6, 6.07) is 13.0. The molecule has 0 saturated heterocycles. The van der Waals surface area contributed by atoms with Crippen LogP contribution in [-0.2, 0) is 4.74 Å². The van der Waals surface area contributed by atoms with Crippen molar-refractivity contribution in [1.29, 1.82) is 0 Å². The second-order valence-electron chi connectivity index (χ2n) is 6.36. The number of methoxy groups -OCH3 is 1. The predicted molar refractivity (Wildman–Crippen MR) is 97.9 cm³/mol. The Labute approximate surface area is 145 Å². The van der Waals surface area contributed by atoms with Gasteiger partial charge in [0.1, 0.15) is 11.2 Å². The number of furan rings is 1. The third kappa shape index (κ3) is 3.75. The Bertz CT molecular complexity index is 881. The van der Waals surface area contributed by atoms with E-state index in [1.165, 1.54) is 0 Å². The molecule has 6 nitrogen and oxygen atoms in total. The van der Waals surface area contributed by atoms with Crippen molar-refractivity contribution in [2.45, 2.75) is 18.9 Å². The number of aliphatic hydroxyl groups is 1. The summed E-state index contributed by atoms with van der Waals surface area (Å²) in [4.78, 5) is 12.3. The van der Waals surface area contributed by atoms with Crippen molar-refractivity contribution in [2.75, 3.05) is 25.6 Å². The molecule has 0 aliphatic rings. The summed E-state index contributed by atoms with van der Waals surface area (Å²) in [7, 11) is 1.56. The number of hydrogen-bond donors (Lipinski definition) is 3. The van der Waals surface area contributed by atoms with Crippen LogP contribution in [0.25, 0.3) is 21.9 Å². The molecule has 3 aromatic rings. The first-order valence-electron chi connectivity index (χ1n) is 8.15. The Balaban J connectivity index is 1.78. The molecular weight excluding hydrogens is 320 g/mol. The number of benzene rings is 2. The molecule has 1 unspecified atom stereocenters. The van der Waals surface area contributed by atoms with Crippen molar-refractivity contribution >= 4 is 33.7 Å². The highest BCUT2D eigenvalue weighted by Crippen LogP contribution is 2.30. The number of aliphatic hydroxyl groups excluding tert-OH is 1. The number of anilines is 1. The molecule has 0 aliphatic carbocycles. The molecule has 3 N–H and O–H groups in total. The Morgan fingerprint density at radius 3 is 2.72 bits per heavy atom. The number of para-hydroxylation sites is 1. The molecule has 2 amide bonds. The summed E-state index contributed by atoms with van der Waals surface area (Å²) >= 11 is 0. The van der Waals surface area contributed by atoms with Crippen molar-refractivity contribution < 1.29 is 19.1 Å². The fraction of sp³-hybridized carbons (Fsp3) is 0.316. The second-order valence-corrected chi connectivity index (χ2v) is 6.36. The molecule has 1 heterocycles. The number of amides is 2. The van der Waals surface area contributed by atoms with Gasteiger partial charge in [0.15, 0.2) is 0 Å². The molecule has 0 saturated carbocycles. The Morgan fingerprint density at radius 2 is 1.96 bits per heavy atom. The predicted octanol–water partition coefficient (Wildman–Crippen LogP) is 3.50. The van der Waals surface area contributed by atoms with E-state index in [9.17, 15) is 9.90 Å². The monoisotopic (exact) mass is 342 g/mol. The Kier molecular flexibility index (Phi) is 4.92. The van der Waals surface area contributed by atoms with Crippen molar-refractivity contribution in [3.05, 3.63) is 42.5 Å². The van der Waals surface area contributed by atoms with Crippen molar-refractivity contribution in [2.24, 2.45) is 0 Å². The van der Waals surface area contributed by atoms with Crippen LogP contribution in [0.3, 0.4) is 0 Å². The molecule has 3 rings (SSSR count).